The zero-order valence-corrected chi connectivity index (χ0v) is 47.6. The summed E-state index contributed by atoms with van der Waals surface area (Å²) in [5, 5.41) is 0. The Morgan fingerprint density at radius 3 is 1.22 bits per heavy atom. The molecular formula is C60H90N2O2S4. The highest BCUT2D eigenvalue weighted by Gasteiger charge is 2.50. The van der Waals surface area contributed by atoms with Crippen molar-refractivity contribution >= 4 is 78.0 Å². The van der Waals surface area contributed by atoms with Crippen LogP contribution >= 0.6 is 45.3 Å². The van der Waals surface area contributed by atoms with Crippen molar-refractivity contribution in [3.63, 3.8) is 0 Å². The molecule has 2 aliphatic rings. The largest absolute Gasteiger partial charge is 0.306 e. The van der Waals surface area contributed by atoms with Crippen LogP contribution in [0.5, 0.6) is 0 Å². The molecule has 6 heterocycles. The van der Waals surface area contributed by atoms with Gasteiger partial charge in [-0.05, 0) is 84.7 Å². The Morgan fingerprint density at radius 2 is 0.794 bits per heavy atom. The van der Waals surface area contributed by atoms with Crippen LogP contribution in [0, 0.1) is 11.8 Å². The molecule has 0 aliphatic carbocycles. The summed E-state index contributed by atoms with van der Waals surface area (Å²) < 4.78 is 2.69. The summed E-state index contributed by atoms with van der Waals surface area (Å²) >= 11 is 7.35. The van der Waals surface area contributed by atoms with E-state index in [1.807, 2.05) is 22.7 Å². The first-order valence-electron chi connectivity index (χ1n) is 27.6. The van der Waals surface area contributed by atoms with Crippen molar-refractivity contribution in [1.82, 2.24) is 9.80 Å². The molecule has 376 valence electrons. The van der Waals surface area contributed by atoms with E-state index in [-0.39, 0.29) is 22.6 Å². The van der Waals surface area contributed by atoms with E-state index in [0.717, 1.165) is 46.8 Å². The van der Waals surface area contributed by atoms with E-state index in [1.54, 1.807) is 22.7 Å². The molecule has 0 aromatic carbocycles. The van der Waals surface area contributed by atoms with Crippen LogP contribution in [0.1, 0.15) is 243 Å². The van der Waals surface area contributed by atoms with Gasteiger partial charge in [0.25, 0.3) is 11.8 Å². The molecule has 4 aromatic rings. The van der Waals surface area contributed by atoms with Gasteiger partial charge in [-0.1, -0.05) is 198 Å². The molecule has 2 unspecified atom stereocenters. The fourth-order valence-electron chi connectivity index (χ4n) is 10.4. The maximum atomic E-state index is 15.8. The van der Waals surface area contributed by atoms with Crippen molar-refractivity contribution in [2.24, 2.45) is 11.8 Å². The first-order valence-corrected chi connectivity index (χ1v) is 30.8. The highest BCUT2D eigenvalue weighted by atomic mass is 32.1. The summed E-state index contributed by atoms with van der Waals surface area (Å²) in [5.41, 5.74) is 3.20. The average Bonchev–Trinajstić information content (AvgIpc) is 4.16. The molecule has 0 spiro atoms. The molecule has 0 N–H and O–H groups in total. The summed E-state index contributed by atoms with van der Waals surface area (Å²) in [6.07, 6.45) is 29.7. The van der Waals surface area contributed by atoms with Crippen molar-refractivity contribution in [1.29, 1.82) is 0 Å². The number of carbonyl (C=O) groups is 2. The lowest BCUT2D eigenvalue weighted by atomic mass is 9.93. The van der Waals surface area contributed by atoms with Crippen molar-refractivity contribution in [2.75, 3.05) is 13.1 Å². The van der Waals surface area contributed by atoms with E-state index < -0.39 is 0 Å². The van der Waals surface area contributed by atoms with E-state index in [4.69, 9.17) is 0 Å². The smallest absolute Gasteiger partial charge is 0.261 e. The van der Waals surface area contributed by atoms with Gasteiger partial charge in [0.05, 0.1) is 32.3 Å². The fourth-order valence-corrected chi connectivity index (χ4v) is 15.1. The minimum Gasteiger partial charge on any atom is -0.306 e. The molecule has 2 atom stereocenters. The predicted octanol–water partition coefficient (Wildman–Crippen LogP) is 19.8. The van der Waals surface area contributed by atoms with Gasteiger partial charge >= 0.3 is 0 Å². The molecule has 2 aliphatic heterocycles. The maximum absolute atomic E-state index is 15.8. The van der Waals surface area contributed by atoms with Gasteiger partial charge in [0.15, 0.2) is 0 Å². The van der Waals surface area contributed by atoms with Gasteiger partial charge in [0.1, 0.15) is 0 Å². The topological polar surface area (TPSA) is 40.6 Å². The summed E-state index contributed by atoms with van der Waals surface area (Å²) in [6, 6.07) is 13.7. The number of unbranched alkanes of at least 4 members (excludes halogenated alkanes) is 16. The lowest BCUT2D eigenvalue weighted by Gasteiger charge is -2.29. The minimum atomic E-state index is -0.0315. The van der Waals surface area contributed by atoms with Gasteiger partial charge in [-0.25, -0.2) is 0 Å². The summed E-state index contributed by atoms with van der Waals surface area (Å²) in [5.74, 6) is 0.888. The number of hydrogen-bond donors (Lipinski definition) is 0. The molecule has 4 aromatic heterocycles. The predicted molar refractivity (Wildman–Crippen MR) is 302 cm³/mol. The van der Waals surface area contributed by atoms with Crippen molar-refractivity contribution in [3.05, 3.63) is 67.1 Å². The van der Waals surface area contributed by atoms with Crippen molar-refractivity contribution in [3.8, 4) is 9.75 Å². The van der Waals surface area contributed by atoms with Crippen LogP contribution in [0.25, 0.3) is 30.5 Å². The van der Waals surface area contributed by atoms with Crippen LogP contribution in [0.4, 0.5) is 0 Å². The van der Waals surface area contributed by atoms with Crippen LogP contribution < -0.4 is 0 Å². The number of fused-ring (bicyclic) bond motifs is 2. The number of hydrogen-bond acceptors (Lipinski definition) is 6. The molecule has 6 rings (SSSR count). The van der Waals surface area contributed by atoms with Crippen molar-refractivity contribution in [2.45, 2.75) is 234 Å². The summed E-state index contributed by atoms with van der Waals surface area (Å²) in [6.45, 7) is 24.2. The Bertz CT molecular complexity index is 2230. The second kappa shape index (κ2) is 26.3. The Balaban J connectivity index is 1.44. The lowest BCUT2D eigenvalue weighted by molar-refractivity contribution is -0.124. The average molecular weight is 1000 g/mol. The number of thiophene rings is 4. The number of rotatable bonds is 31. The molecule has 0 saturated carbocycles. The second-order valence-corrected chi connectivity index (χ2v) is 26.9. The third-order valence-electron chi connectivity index (χ3n) is 14.5. The highest BCUT2D eigenvalue weighted by Crippen LogP contribution is 2.52. The van der Waals surface area contributed by atoms with Gasteiger partial charge in [0.2, 0.25) is 0 Å². The number of nitrogens with zero attached hydrogens (tertiary/aromatic N) is 2. The van der Waals surface area contributed by atoms with Crippen LogP contribution in [0.2, 0.25) is 0 Å². The van der Waals surface area contributed by atoms with E-state index >= 15 is 9.59 Å². The minimum absolute atomic E-state index is 0.0315. The normalized spacial score (nSPS) is 15.6. The molecule has 0 fully saturated rings. The molecule has 0 bridgehead atoms. The molecule has 8 heteroatoms. The Morgan fingerprint density at radius 1 is 0.412 bits per heavy atom. The highest BCUT2D eigenvalue weighted by molar-refractivity contribution is 7.31. The first-order chi connectivity index (χ1) is 32.7. The molecule has 68 heavy (non-hydrogen) atoms. The maximum Gasteiger partial charge on any atom is 0.261 e. The SMILES string of the molecule is CCCCCCCCC(CCCCCC)CN1C(=O)C2=C(c3ccc(C(C)(C)C)s3)N(CC(CCCCCC)CCCCCCCC)C(=O)C2=C1c1ccc(-c2cc3sc(C(C)(C)C)cc3s2)s1. The summed E-state index contributed by atoms with van der Waals surface area (Å²) in [4.78, 5) is 43.1. The molecule has 2 amide bonds. The number of amides is 2. The van der Waals surface area contributed by atoms with Gasteiger partial charge < -0.3 is 9.80 Å². The van der Waals surface area contributed by atoms with Gasteiger partial charge in [0, 0.05) is 42.0 Å². The standard InChI is InChI=1S/C60H90N2O2S4/c1-11-15-19-23-25-29-33-43(31-27-21-17-13-3)41-61-55(46-36-35-45(65-46)48-39-49-50(66-48)40-52(68-49)60(8,9)10)53-54(58(61)64)56(47-37-38-51(67-47)59(5,6)7)62(57(53)63)42-44(32-28-22-18-14-4)34-30-26-24-20-16-12-2/h35-40,43-44H,11-34,41-42H2,1-10H3. The van der Waals surface area contributed by atoms with Gasteiger partial charge in [-0.15, -0.1) is 45.3 Å². The fraction of sp³-hybridized carbons (Fsp3) is 0.667. The molecular weight excluding hydrogens is 909 g/mol. The lowest BCUT2D eigenvalue weighted by Crippen LogP contribution is -2.34. The van der Waals surface area contributed by atoms with Crippen LogP contribution in [-0.4, -0.2) is 34.7 Å². The third kappa shape index (κ3) is 14.3. The molecule has 0 saturated heterocycles. The second-order valence-electron chi connectivity index (χ2n) is 22.6. The van der Waals surface area contributed by atoms with Crippen molar-refractivity contribution < 1.29 is 9.59 Å². The van der Waals surface area contributed by atoms with Gasteiger partial charge in [-0.3, -0.25) is 9.59 Å². The Kier molecular flexibility index (Phi) is 21.2. The van der Waals surface area contributed by atoms with Crippen LogP contribution in [0.3, 0.4) is 0 Å². The number of carbonyl (C=O) groups excluding carboxylic acids is 2. The zero-order valence-electron chi connectivity index (χ0n) is 44.3. The molecule has 0 radical (unpaired) electrons. The van der Waals surface area contributed by atoms with E-state index in [1.165, 1.54) is 157 Å². The van der Waals surface area contributed by atoms with E-state index in [0.29, 0.717) is 36.1 Å². The van der Waals surface area contributed by atoms with Crippen LogP contribution in [-0.2, 0) is 20.4 Å². The summed E-state index contributed by atoms with van der Waals surface area (Å²) in [7, 11) is 0. The Labute approximate surface area is 430 Å². The zero-order chi connectivity index (χ0) is 48.8. The van der Waals surface area contributed by atoms with E-state index in [9.17, 15) is 0 Å². The van der Waals surface area contributed by atoms with E-state index in [2.05, 4.69) is 115 Å². The first kappa shape index (κ1) is 54.8. The quantitative estimate of drug-likeness (QED) is 0.0472. The third-order valence-corrected chi connectivity index (χ3v) is 20.1. The Hall–Kier alpha value is -2.52. The molecule has 4 nitrogen and oxygen atoms in total. The monoisotopic (exact) mass is 999 g/mol. The van der Waals surface area contributed by atoms with Gasteiger partial charge in [-0.2, -0.15) is 0 Å². The van der Waals surface area contributed by atoms with Crippen LogP contribution in [0.15, 0.2) is 47.5 Å².